The van der Waals surface area contributed by atoms with Gasteiger partial charge in [0.1, 0.15) is 0 Å². The van der Waals surface area contributed by atoms with Crippen molar-refractivity contribution in [2.24, 2.45) is 11.7 Å². The van der Waals surface area contributed by atoms with Gasteiger partial charge in [-0.25, -0.2) is 0 Å². The zero-order valence-electron chi connectivity index (χ0n) is 13.0. The van der Waals surface area contributed by atoms with Crippen LogP contribution >= 0.6 is 23.2 Å². The van der Waals surface area contributed by atoms with Crippen LogP contribution in [0.1, 0.15) is 26.2 Å². The number of para-hydroxylation sites is 1. The van der Waals surface area contributed by atoms with Gasteiger partial charge in [0.2, 0.25) is 11.8 Å². The van der Waals surface area contributed by atoms with Gasteiger partial charge in [-0.05, 0) is 38.3 Å². The van der Waals surface area contributed by atoms with Gasteiger partial charge in [0.05, 0.1) is 22.3 Å². The lowest BCUT2D eigenvalue weighted by molar-refractivity contribution is -0.138. The second-order valence-corrected chi connectivity index (χ2v) is 6.58. The molecule has 0 unspecified atom stereocenters. The van der Waals surface area contributed by atoms with Crippen LogP contribution in [0, 0.1) is 5.92 Å². The van der Waals surface area contributed by atoms with Crippen LogP contribution in [0.4, 0.5) is 5.69 Å². The van der Waals surface area contributed by atoms with E-state index < -0.39 is 0 Å². The summed E-state index contributed by atoms with van der Waals surface area (Å²) in [6.07, 6.45) is 2.33. The molecular formula is C16H21Cl2N3O2. The number of nitrogens with two attached hydrogens (primary N) is 1. The van der Waals surface area contributed by atoms with Crippen molar-refractivity contribution in [1.82, 2.24) is 4.90 Å². The van der Waals surface area contributed by atoms with E-state index in [0.29, 0.717) is 28.7 Å². The monoisotopic (exact) mass is 357 g/mol. The van der Waals surface area contributed by atoms with Crippen molar-refractivity contribution in [3.05, 3.63) is 28.2 Å². The molecule has 0 bridgehead atoms. The number of rotatable bonds is 5. The van der Waals surface area contributed by atoms with Crippen LogP contribution < -0.4 is 11.1 Å². The van der Waals surface area contributed by atoms with E-state index in [1.54, 1.807) is 23.1 Å². The molecule has 2 amide bonds. The molecule has 2 rings (SSSR count). The van der Waals surface area contributed by atoms with Crippen molar-refractivity contribution >= 4 is 40.7 Å². The van der Waals surface area contributed by atoms with E-state index in [4.69, 9.17) is 28.9 Å². The maximum Gasteiger partial charge on any atom is 0.244 e. The summed E-state index contributed by atoms with van der Waals surface area (Å²) < 4.78 is 0. The molecule has 1 saturated carbocycles. The highest BCUT2D eigenvalue weighted by atomic mass is 35.5. The number of anilines is 1. The number of nitrogens with zero attached hydrogens (tertiary/aromatic N) is 1. The minimum atomic E-state index is -0.322. The summed E-state index contributed by atoms with van der Waals surface area (Å²) in [5, 5.41) is 3.40. The molecule has 1 aliphatic rings. The lowest BCUT2D eigenvalue weighted by atomic mass is 10.1. The average molecular weight is 358 g/mol. The molecule has 5 nitrogen and oxygen atoms in total. The van der Waals surface area contributed by atoms with Gasteiger partial charge in [0, 0.05) is 18.5 Å². The van der Waals surface area contributed by atoms with E-state index in [9.17, 15) is 9.59 Å². The summed E-state index contributed by atoms with van der Waals surface area (Å²) in [6.45, 7) is 2.29. The first-order valence-corrected chi connectivity index (χ1v) is 8.46. The SMILES string of the molecule is CCN(CC(=O)Nc1c(Cl)cccc1Cl)C(=O)[C@H]1CC[C@@H](N)C1. The van der Waals surface area contributed by atoms with Gasteiger partial charge < -0.3 is 16.0 Å². The fraction of sp³-hybridized carbons (Fsp3) is 0.500. The summed E-state index contributed by atoms with van der Waals surface area (Å²) >= 11 is 12.1. The maximum absolute atomic E-state index is 12.5. The molecule has 7 heteroatoms. The predicted octanol–water partition coefficient (Wildman–Crippen LogP) is 2.91. The molecule has 0 heterocycles. The summed E-state index contributed by atoms with van der Waals surface area (Å²) in [6, 6.07) is 5.07. The van der Waals surface area contributed by atoms with Crippen molar-refractivity contribution in [1.29, 1.82) is 0 Å². The number of likely N-dealkylation sites (N-methyl/N-ethyl adjacent to an activating group) is 1. The summed E-state index contributed by atoms with van der Waals surface area (Å²) in [5.74, 6) is -0.417. The Morgan fingerprint density at radius 1 is 1.30 bits per heavy atom. The Labute approximate surface area is 146 Å². The standard InChI is InChI=1S/C16H21Cl2N3O2/c1-2-21(16(23)10-6-7-11(19)8-10)9-14(22)20-15-12(17)4-3-5-13(15)18/h3-5,10-11H,2,6-9,19H2,1H3,(H,20,22)/t10-,11+/m0/s1. The molecule has 23 heavy (non-hydrogen) atoms. The summed E-state index contributed by atoms with van der Waals surface area (Å²) in [7, 11) is 0. The van der Waals surface area contributed by atoms with Crippen molar-refractivity contribution in [2.45, 2.75) is 32.2 Å². The van der Waals surface area contributed by atoms with Crippen LogP contribution in [-0.2, 0) is 9.59 Å². The van der Waals surface area contributed by atoms with E-state index in [1.165, 1.54) is 0 Å². The van der Waals surface area contributed by atoms with Crippen LogP contribution in [0.2, 0.25) is 10.0 Å². The van der Waals surface area contributed by atoms with E-state index in [2.05, 4.69) is 5.32 Å². The largest absolute Gasteiger partial charge is 0.333 e. The first-order valence-electron chi connectivity index (χ1n) is 7.70. The van der Waals surface area contributed by atoms with Crippen LogP contribution in [0.3, 0.4) is 0 Å². The number of nitrogens with one attached hydrogen (secondary N) is 1. The molecule has 0 radical (unpaired) electrons. The minimum absolute atomic E-state index is 0.0131. The Morgan fingerprint density at radius 3 is 2.48 bits per heavy atom. The van der Waals surface area contributed by atoms with Crippen LogP contribution in [0.25, 0.3) is 0 Å². The van der Waals surface area contributed by atoms with Crippen LogP contribution in [0.5, 0.6) is 0 Å². The molecule has 0 saturated heterocycles. The highest BCUT2D eigenvalue weighted by molar-refractivity contribution is 6.39. The molecule has 3 N–H and O–H groups in total. The van der Waals surface area contributed by atoms with Crippen molar-refractivity contribution in [3.8, 4) is 0 Å². The van der Waals surface area contributed by atoms with Gasteiger partial charge in [-0.15, -0.1) is 0 Å². The van der Waals surface area contributed by atoms with Crippen LogP contribution in [-0.4, -0.2) is 35.8 Å². The Bertz CT molecular complexity index is 574. The number of halogens is 2. The van der Waals surface area contributed by atoms with E-state index in [0.717, 1.165) is 12.8 Å². The molecular weight excluding hydrogens is 337 g/mol. The quantitative estimate of drug-likeness (QED) is 0.850. The number of hydrogen-bond acceptors (Lipinski definition) is 3. The number of amides is 2. The highest BCUT2D eigenvalue weighted by Gasteiger charge is 2.31. The molecule has 1 fully saturated rings. The Kier molecular flexibility index (Phi) is 6.27. The third-order valence-electron chi connectivity index (χ3n) is 4.08. The molecule has 0 spiro atoms. The second-order valence-electron chi connectivity index (χ2n) is 5.77. The zero-order chi connectivity index (χ0) is 17.0. The first kappa shape index (κ1) is 18.0. The third-order valence-corrected chi connectivity index (χ3v) is 4.71. The third kappa shape index (κ3) is 4.59. The van der Waals surface area contributed by atoms with Crippen molar-refractivity contribution < 1.29 is 9.59 Å². The topological polar surface area (TPSA) is 75.4 Å². The molecule has 2 atom stereocenters. The number of benzene rings is 1. The van der Waals surface area contributed by atoms with E-state index in [1.807, 2.05) is 6.92 Å². The first-order chi connectivity index (χ1) is 10.9. The molecule has 0 aromatic heterocycles. The Balaban J connectivity index is 1.98. The summed E-state index contributed by atoms with van der Waals surface area (Å²) in [4.78, 5) is 26.2. The van der Waals surface area contributed by atoms with Gasteiger partial charge in [0.25, 0.3) is 0 Å². The van der Waals surface area contributed by atoms with Gasteiger partial charge in [-0.1, -0.05) is 29.3 Å². The number of carbonyl (C=O) groups excluding carboxylic acids is 2. The fourth-order valence-electron chi connectivity index (χ4n) is 2.81. The average Bonchev–Trinajstić information content (AvgIpc) is 2.94. The second kappa shape index (κ2) is 7.99. The predicted molar refractivity (Wildman–Crippen MR) is 92.7 cm³/mol. The minimum Gasteiger partial charge on any atom is -0.333 e. The zero-order valence-corrected chi connectivity index (χ0v) is 14.5. The number of hydrogen-bond donors (Lipinski definition) is 2. The summed E-state index contributed by atoms with van der Waals surface area (Å²) in [5.41, 5.74) is 6.23. The highest BCUT2D eigenvalue weighted by Crippen LogP contribution is 2.30. The normalized spacial score (nSPS) is 20.3. The van der Waals surface area contributed by atoms with Gasteiger partial charge in [0.15, 0.2) is 0 Å². The molecule has 1 aromatic rings. The fourth-order valence-corrected chi connectivity index (χ4v) is 3.31. The molecule has 126 valence electrons. The Morgan fingerprint density at radius 2 is 1.96 bits per heavy atom. The van der Waals surface area contributed by atoms with Crippen LogP contribution in [0.15, 0.2) is 18.2 Å². The lowest BCUT2D eigenvalue weighted by Gasteiger charge is -2.24. The van der Waals surface area contributed by atoms with Gasteiger partial charge in [-0.2, -0.15) is 0 Å². The van der Waals surface area contributed by atoms with E-state index in [-0.39, 0.29) is 30.3 Å². The maximum atomic E-state index is 12.5. The lowest BCUT2D eigenvalue weighted by Crippen LogP contribution is -2.41. The van der Waals surface area contributed by atoms with Gasteiger partial charge in [-0.3, -0.25) is 9.59 Å². The van der Waals surface area contributed by atoms with E-state index >= 15 is 0 Å². The van der Waals surface area contributed by atoms with Crippen molar-refractivity contribution in [3.63, 3.8) is 0 Å². The Hall–Kier alpha value is -1.30. The van der Waals surface area contributed by atoms with Gasteiger partial charge >= 0.3 is 0 Å². The smallest absolute Gasteiger partial charge is 0.244 e. The number of carbonyl (C=O) groups is 2. The van der Waals surface area contributed by atoms with Crippen molar-refractivity contribution in [2.75, 3.05) is 18.4 Å². The molecule has 1 aromatic carbocycles. The molecule has 1 aliphatic carbocycles. The molecule has 0 aliphatic heterocycles.